The molecule has 0 aromatic carbocycles. The molecule has 0 bridgehead atoms. The van der Waals surface area contributed by atoms with E-state index in [4.69, 9.17) is 0 Å². The topological polar surface area (TPSA) is 37.8 Å². The highest BCUT2D eigenvalue weighted by Crippen LogP contribution is 2.01. The molecule has 1 N–H and O–H groups in total. The number of anilines is 1. The molecule has 0 aliphatic carbocycles. The van der Waals surface area contributed by atoms with Gasteiger partial charge in [0.1, 0.15) is 0 Å². The largest absolute Gasteiger partial charge is 0.354 e. The molecule has 0 amide bonds. The molecule has 0 aliphatic rings. The lowest BCUT2D eigenvalue weighted by atomic mass is 10.3. The summed E-state index contributed by atoms with van der Waals surface area (Å²) in [5.74, 6) is 1.98. The highest BCUT2D eigenvalue weighted by atomic mass is 32.2. The highest BCUT2D eigenvalue weighted by Gasteiger charge is 1.94. The van der Waals surface area contributed by atoms with E-state index in [9.17, 15) is 0 Å². The summed E-state index contributed by atoms with van der Waals surface area (Å²) in [6, 6.07) is 1.90. The number of hydrogen-bond acceptors (Lipinski definition) is 4. The molecule has 1 aromatic rings. The minimum Gasteiger partial charge on any atom is -0.354 e. The second kappa shape index (κ2) is 6.65. The lowest BCUT2D eigenvalue weighted by Crippen LogP contribution is -2.05. The lowest BCUT2D eigenvalue weighted by Gasteiger charge is -2.04. The van der Waals surface area contributed by atoms with Crippen molar-refractivity contribution in [3.05, 3.63) is 18.0 Å². The average molecular weight is 211 g/mol. The fraction of sp³-hybridized carbons (Fsp3) is 0.600. The zero-order chi connectivity index (χ0) is 10.2. The van der Waals surface area contributed by atoms with Crippen molar-refractivity contribution in [2.45, 2.75) is 19.8 Å². The molecule has 14 heavy (non-hydrogen) atoms. The summed E-state index contributed by atoms with van der Waals surface area (Å²) in [7, 11) is 0. The van der Waals surface area contributed by atoms with Crippen LogP contribution in [0, 0.1) is 6.92 Å². The van der Waals surface area contributed by atoms with Crippen molar-refractivity contribution in [3.8, 4) is 0 Å². The van der Waals surface area contributed by atoms with Gasteiger partial charge < -0.3 is 5.32 Å². The van der Waals surface area contributed by atoms with E-state index >= 15 is 0 Å². The number of unbranched alkanes of at least 4 members (excludes halogenated alkanes) is 1. The first-order valence-corrected chi connectivity index (χ1v) is 6.25. The number of aryl methyl sites for hydroxylation is 1. The smallest absolute Gasteiger partial charge is 0.222 e. The molecule has 0 fully saturated rings. The Morgan fingerprint density at radius 1 is 1.43 bits per heavy atom. The minimum atomic E-state index is 0.745. The number of rotatable bonds is 6. The monoisotopic (exact) mass is 211 g/mol. The molecule has 3 nitrogen and oxygen atoms in total. The van der Waals surface area contributed by atoms with Crippen molar-refractivity contribution in [1.29, 1.82) is 0 Å². The SMILES string of the molecule is CSCCCCNc1nccc(C)n1. The zero-order valence-electron chi connectivity index (χ0n) is 8.79. The van der Waals surface area contributed by atoms with Crippen molar-refractivity contribution in [3.63, 3.8) is 0 Å². The van der Waals surface area contributed by atoms with Crippen LogP contribution in [0.4, 0.5) is 5.95 Å². The van der Waals surface area contributed by atoms with Crippen molar-refractivity contribution >= 4 is 17.7 Å². The molecule has 0 saturated carbocycles. The summed E-state index contributed by atoms with van der Waals surface area (Å²) < 4.78 is 0. The Morgan fingerprint density at radius 2 is 2.29 bits per heavy atom. The molecule has 0 spiro atoms. The molecule has 0 saturated heterocycles. The number of hydrogen-bond donors (Lipinski definition) is 1. The molecular weight excluding hydrogens is 194 g/mol. The minimum absolute atomic E-state index is 0.745. The Balaban J connectivity index is 2.18. The third-order valence-corrected chi connectivity index (χ3v) is 2.55. The summed E-state index contributed by atoms with van der Waals surface area (Å²) >= 11 is 1.89. The molecule has 1 heterocycles. The van der Waals surface area contributed by atoms with Crippen LogP contribution in [0.15, 0.2) is 12.3 Å². The summed E-state index contributed by atoms with van der Waals surface area (Å²) in [4.78, 5) is 8.39. The van der Waals surface area contributed by atoms with E-state index in [1.807, 2.05) is 24.8 Å². The van der Waals surface area contributed by atoms with Crippen LogP contribution >= 0.6 is 11.8 Å². The van der Waals surface area contributed by atoms with Crippen LogP contribution in [0.1, 0.15) is 18.5 Å². The van der Waals surface area contributed by atoms with E-state index in [1.165, 1.54) is 18.6 Å². The Morgan fingerprint density at radius 3 is 3.00 bits per heavy atom. The van der Waals surface area contributed by atoms with Crippen LogP contribution in [0.5, 0.6) is 0 Å². The van der Waals surface area contributed by atoms with Gasteiger partial charge in [0.15, 0.2) is 0 Å². The number of aromatic nitrogens is 2. The van der Waals surface area contributed by atoms with Gasteiger partial charge in [0.2, 0.25) is 5.95 Å². The summed E-state index contributed by atoms with van der Waals surface area (Å²) in [5.41, 5.74) is 1.01. The first kappa shape index (κ1) is 11.3. The summed E-state index contributed by atoms with van der Waals surface area (Å²) in [5, 5.41) is 3.21. The van der Waals surface area contributed by atoms with Gasteiger partial charge in [0, 0.05) is 18.4 Å². The highest BCUT2D eigenvalue weighted by molar-refractivity contribution is 7.98. The lowest BCUT2D eigenvalue weighted by molar-refractivity contribution is 0.833. The second-order valence-corrected chi connectivity index (χ2v) is 4.13. The van der Waals surface area contributed by atoms with Crippen LogP contribution < -0.4 is 5.32 Å². The summed E-state index contributed by atoms with van der Waals surface area (Å²) in [6.07, 6.45) is 6.35. The van der Waals surface area contributed by atoms with E-state index in [0.29, 0.717) is 0 Å². The predicted octanol–water partition coefficient (Wildman–Crippen LogP) is 2.34. The zero-order valence-corrected chi connectivity index (χ0v) is 9.60. The van der Waals surface area contributed by atoms with Gasteiger partial charge in [0.25, 0.3) is 0 Å². The average Bonchev–Trinajstić information content (AvgIpc) is 2.18. The van der Waals surface area contributed by atoms with Crippen molar-refractivity contribution in [1.82, 2.24) is 9.97 Å². The molecule has 1 rings (SSSR count). The molecule has 1 aromatic heterocycles. The van der Waals surface area contributed by atoms with E-state index in [0.717, 1.165) is 18.2 Å². The van der Waals surface area contributed by atoms with Gasteiger partial charge in [-0.3, -0.25) is 0 Å². The van der Waals surface area contributed by atoms with Crippen molar-refractivity contribution < 1.29 is 0 Å². The Hall–Kier alpha value is -0.770. The van der Waals surface area contributed by atoms with Crippen molar-refractivity contribution in [2.75, 3.05) is 23.9 Å². The van der Waals surface area contributed by atoms with Gasteiger partial charge in [-0.05, 0) is 37.8 Å². The van der Waals surface area contributed by atoms with E-state index in [-0.39, 0.29) is 0 Å². The molecule has 4 heteroatoms. The maximum Gasteiger partial charge on any atom is 0.222 e. The predicted molar refractivity (Wildman–Crippen MR) is 62.9 cm³/mol. The first-order chi connectivity index (χ1) is 6.83. The van der Waals surface area contributed by atoms with Gasteiger partial charge in [0.05, 0.1) is 0 Å². The maximum atomic E-state index is 4.26. The first-order valence-electron chi connectivity index (χ1n) is 4.85. The maximum absolute atomic E-state index is 4.26. The second-order valence-electron chi connectivity index (χ2n) is 3.15. The normalized spacial score (nSPS) is 10.1. The van der Waals surface area contributed by atoms with E-state index < -0.39 is 0 Å². The molecule has 0 unspecified atom stereocenters. The van der Waals surface area contributed by atoms with Crippen LogP contribution in [-0.4, -0.2) is 28.5 Å². The Bertz CT molecular complexity index is 265. The molecule has 78 valence electrons. The standard InChI is InChI=1S/C10H17N3S/c1-9-5-7-12-10(13-9)11-6-3-4-8-14-2/h5,7H,3-4,6,8H2,1-2H3,(H,11,12,13). The van der Waals surface area contributed by atoms with E-state index in [2.05, 4.69) is 21.5 Å². The van der Waals surface area contributed by atoms with Gasteiger partial charge in [-0.1, -0.05) is 0 Å². The summed E-state index contributed by atoms with van der Waals surface area (Å²) in [6.45, 7) is 2.94. The van der Waals surface area contributed by atoms with Gasteiger partial charge in [-0.25, -0.2) is 9.97 Å². The number of nitrogens with one attached hydrogen (secondary N) is 1. The van der Waals surface area contributed by atoms with Gasteiger partial charge in [-0.15, -0.1) is 0 Å². The van der Waals surface area contributed by atoms with Crippen LogP contribution in [-0.2, 0) is 0 Å². The van der Waals surface area contributed by atoms with Crippen LogP contribution in [0.2, 0.25) is 0 Å². The quantitative estimate of drug-likeness (QED) is 0.733. The van der Waals surface area contributed by atoms with Crippen molar-refractivity contribution in [2.24, 2.45) is 0 Å². The molecule has 0 radical (unpaired) electrons. The third-order valence-electron chi connectivity index (χ3n) is 1.85. The Kier molecular flexibility index (Phi) is 5.37. The molecule has 0 atom stereocenters. The fourth-order valence-electron chi connectivity index (χ4n) is 1.11. The van der Waals surface area contributed by atoms with Crippen LogP contribution in [0.25, 0.3) is 0 Å². The molecule has 0 aliphatic heterocycles. The third kappa shape index (κ3) is 4.46. The molecular formula is C10H17N3S. The van der Waals surface area contributed by atoms with E-state index in [1.54, 1.807) is 6.20 Å². The van der Waals surface area contributed by atoms with Gasteiger partial charge in [-0.2, -0.15) is 11.8 Å². The fourth-order valence-corrected chi connectivity index (χ4v) is 1.60. The number of nitrogens with zero attached hydrogens (tertiary/aromatic N) is 2. The Labute approximate surface area is 89.7 Å². The number of thioether (sulfide) groups is 1. The van der Waals surface area contributed by atoms with Crippen LogP contribution in [0.3, 0.4) is 0 Å². The van der Waals surface area contributed by atoms with Gasteiger partial charge >= 0.3 is 0 Å².